The maximum atomic E-state index is 13.7. The standard InChI is InChI=1S/C12H17ClFNO2.ClH/c1-3-10(16)11(15)7-5-8(13)12(17-4-2)9(14)6-7;/h5-6,10-11,16H,3-4,15H2,1-2H3;1H/t10-,11+;/m0./s1. The van der Waals surface area contributed by atoms with Crippen molar-refractivity contribution < 1.29 is 14.2 Å². The quantitative estimate of drug-likeness (QED) is 0.878. The zero-order valence-corrected chi connectivity index (χ0v) is 11.9. The summed E-state index contributed by atoms with van der Waals surface area (Å²) in [6.07, 6.45) is -0.225. The Balaban J connectivity index is 0.00000289. The molecule has 3 N–H and O–H groups in total. The highest BCUT2D eigenvalue weighted by molar-refractivity contribution is 6.32. The molecule has 2 atom stereocenters. The Morgan fingerprint density at radius 1 is 1.44 bits per heavy atom. The van der Waals surface area contributed by atoms with Gasteiger partial charge in [0.15, 0.2) is 11.6 Å². The maximum absolute atomic E-state index is 13.7. The second-order valence-electron chi connectivity index (χ2n) is 3.75. The molecule has 0 unspecified atom stereocenters. The van der Waals surface area contributed by atoms with Crippen molar-refractivity contribution in [1.82, 2.24) is 0 Å². The SMILES string of the molecule is CCOc1c(F)cc([C@@H](N)[C@@H](O)CC)cc1Cl.Cl. The predicted molar refractivity (Wildman–Crippen MR) is 73.1 cm³/mol. The summed E-state index contributed by atoms with van der Waals surface area (Å²) in [5.41, 5.74) is 6.26. The van der Waals surface area contributed by atoms with E-state index >= 15 is 0 Å². The second kappa shape index (κ2) is 7.79. The van der Waals surface area contributed by atoms with Gasteiger partial charge in [0.1, 0.15) is 0 Å². The molecular formula is C12H18Cl2FNO2. The van der Waals surface area contributed by atoms with Gasteiger partial charge in [-0.3, -0.25) is 0 Å². The minimum Gasteiger partial charge on any atom is -0.489 e. The van der Waals surface area contributed by atoms with Crippen LogP contribution in [0, 0.1) is 5.82 Å². The van der Waals surface area contributed by atoms with Crippen molar-refractivity contribution in [1.29, 1.82) is 0 Å². The number of rotatable bonds is 5. The minimum atomic E-state index is -0.719. The average molecular weight is 298 g/mol. The summed E-state index contributed by atoms with van der Waals surface area (Å²) < 4.78 is 18.8. The molecule has 0 aliphatic carbocycles. The summed E-state index contributed by atoms with van der Waals surface area (Å²) in [5, 5.41) is 9.78. The fraction of sp³-hybridized carbons (Fsp3) is 0.500. The van der Waals surface area contributed by atoms with Crippen LogP contribution in [0.4, 0.5) is 4.39 Å². The maximum Gasteiger partial charge on any atom is 0.173 e. The summed E-state index contributed by atoms with van der Waals surface area (Å²) >= 11 is 5.90. The van der Waals surface area contributed by atoms with Gasteiger partial charge < -0.3 is 15.6 Å². The molecule has 0 aliphatic heterocycles. The number of hydrogen-bond donors (Lipinski definition) is 2. The van der Waals surface area contributed by atoms with Gasteiger partial charge in [-0.05, 0) is 31.0 Å². The third kappa shape index (κ3) is 3.99. The van der Waals surface area contributed by atoms with Crippen LogP contribution < -0.4 is 10.5 Å². The van der Waals surface area contributed by atoms with Crippen LogP contribution in [0.1, 0.15) is 31.9 Å². The topological polar surface area (TPSA) is 55.5 Å². The lowest BCUT2D eigenvalue weighted by molar-refractivity contribution is 0.140. The molecule has 0 amide bonds. The van der Waals surface area contributed by atoms with E-state index in [-0.39, 0.29) is 23.2 Å². The first-order valence-electron chi connectivity index (χ1n) is 5.56. The molecule has 0 bridgehead atoms. The number of ether oxygens (including phenoxy) is 1. The zero-order valence-electron chi connectivity index (χ0n) is 10.3. The molecule has 104 valence electrons. The largest absolute Gasteiger partial charge is 0.489 e. The van der Waals surface area contributed by atoms with Crippen molar-refractivity contribution in [3.8, 4) is 5.75 Å². The van der Waals surface area contributed by atoms with E-state index in [0.29, 0.717) is 18.6 Å². The lowest BCUT2D eigenvalue weighted by Crippen LogP contribution is -2.25. The molecule has 1 aromatic carbocycles. The van der Waals surface area contributed by atoms with Crippen LogP contribution in [0.5, 0.6) is 5.75 Å². The summed E-state index contributed by atoms with van der Waals surface area (Å²) in [6, 6.07) is 2.13. The van der Waals surface area contributed by atoms with E-state index in [2.05, 4.69) is 0 Å². The highest BCUT2D eigenvalue weighted by Gasteiger charge is 2.19. The number of hydrogen-bond acceptors (Lipinski definition) is 3. The van der Waals surface area contributed by atoms with Crippen LogP contribution in [0.25, 0.3) is 0 Å². The fourth-order valence-electron chi connectivity index (χ4n) is 1.53. The number of benzene rings is 1. The fourth-order valence-corrected chi connectivity index (χ4v) is 1.80. The Labute approximate surface area is 117 Å². The molecule has 6 heteroatoms. The molecule has 1 rings (SSSR count). The Bertz CT molecular complexity index is 367. The number of nitrogens with two attached hydrogens (primary N) is 1. The third-order valence-corrected chi connectivity index (χ3v) is 2.81. The van der Waals surface area contributed by atoms with Crippen molar-refractivity contribution in [3.63, 3.8) is 0 Å². The Morgan fingerprint density at radius 3 is 2.50 bits per heavy atom. The lowest BCUT2D eigenvalue weighted by atomic mass is 10.0. The van der Waals surface area contributed by atoms with E-state index in [1.54, 1.807) is 13.8 Å². The van der Waals surface area contributed by atoms with E-state index in [1.165, 1.54) is 12.1 Å². The van der Waals surface area contributed by atoms with E-state index in [4.69, 9.17) is 22.1 Å². The van der Waals surface area contributed by atoms with Gasteiger partial charge in [-0.15, -0.1) is 12.4 Å². The molecule has 0 heterocycles. The highest BCUT2D eigenvalue weighted by atomic mass is 35.5. The van der Waals surface area contributed by atoms with Crippen molar-refractivity contribution in [2.75, 3.05) is 6.61 Å². The average Bonchev–Trinajstić information content (AvgIpc) is 2.31. The van der Waals surface area contributed by atoms with Gasteiger partial charge in [-0.2, -0.15) is 0 Å². The zero-order chi connectivity index (χ0) is 13.0. The van der Waals surface area contributed by atoms with Crippen molar-refractivity contribution in [3.05, 3.63) is 28.5 Å². The Morgan fingerprint density at radius 2 is 2.06 bits per heavy atom. The first kappa shape index (κ1) is 17.4. The highest BCUT2D eigenvalue weighted by Crippen LogP contribution is 2.31. The van der Waals surface area contributed by atoms with E-state index in [1.807, 2.05) is 0 Å². The molecule has 1 aromatic rings. The lowest BCUT2D eigenvalue weighted by Gasteiger charge is -2.19. The predicted octanol–water partition coefficient (Wildman–Crippen LogP) is 3.07. The molecule has 0 saturated heterocycles. The van der Waals surface area contributed by atoms with Crippen molar-refractivity contribution in [2.24, 2.45) is 5.73 Å². The monoisotopic (exact) mass is 297 g/mol. The van der Waals surface area contributed by atoms with Gasteiger partial charge >= 0.3 is 0 Å². The molecule has 0 aromatic heterocycles. The summed E-state index contributed by atoms with van der Waals surface area (Å²) in [6.45, 7) is 3.88. The molecule has 3 nitrogen and oxygen atoms in total. The van der Waals surface area contributed by atoms with Crippen molar-refractivity contribution in [2.45, 2.75) is 32.4 Å². The van der Waals surface area contributed by atoms with Gasteiger partial charge in [0, 0.05) is 0 Å². The molecule has 0 fully saturated rings. The first-order valence-corrected chi connectivity index (χ1v) is 5.94. The smallest absolute Gasteiger partial charge is 0.173 e. The third-order valence-electron chi connectivity index (χ3n) is 2.53. The number of aliphatic hydroxyl groups excluding tert-OH is 1. The van der Waals surface area contributed by atoms with Crippen molar-refractivity contribution >= 4 is 24.0 Å². The van der Waals surface area contributed by atoms with Gasteiger partial charge in [-0.25, -0.2) is 4.39 Å². The Kier molecular flexibility index (Phi) is 7.55. The van der Waals surface area contributed by atoms with Gasteiger partial charge in [0.2, 0.25) is 0 Å². The molecule has 0 aliphatic rings. The number of halogens is 3. The molecule has 0 radical (unpaired) electrons. The van der Waals surface area contributed by atoms with Gasteiger partial charge in [-0.1, -0.05) is 18.5 Å². The van der Waals surface area contributed by atoms with Gasteiger partial charge in [0.05, 0.1) is 23.8 Å². The molecular weight excluding hydrogens is 280 g/mol. The molecule has 0 spiro atoms. The Hall–Kier alpha value is -0.550. The van der Waals surface area contributed by atoms with E-state index in [9.17, 15) is 9.50 Å². The van der Waals surface area contributed by atoms with Crippen LogP contribution in [0.15, 0.2) is 12.1 Å². The summed E-state index contributed by atoms with van der Waals surface area (Å²) in [5.74, 6) is -0.538. The summed E-state index contributed by atoms with van der Waals surface area (Å²) in [4.78, 5) is 0. The second-order valence-corrected chi connectivity index (χ2v) is 4.16. The van der Waals surface area contributed by atoms with Crippen LogP contribution in [-0.4, -0.2) is 17.8 Å². The van der Waals surface area contributed by atoms with Crippen LogP contribution in [-0.2, 0) is 0 Å². The summed E-state index contributed by atoms with van der Waals surface area (Å²) in [7, 11) is 0. The van der Waals surface area contributed by atoms with Crippen LogP contribution >= 0.6 is 24.0 Å². The normalized spacial score (nSPS) is 13.7. The minimum absolute atomic E-state index is 0. The molecule has 0 saturated carbocycles. The van der Waals surface area contributed by atoms with Gasteiger partial charge in [0.25, 0.3) is 0 Å². The number of aliphatic hydroxyl groups is 1. The first-order chi connectivity index (χ1) is 8.01. The van der Waals surface area contributed by atoms with Crippen LogP contribution in [0.3, 0.4) is 0 Å². The van der Waals surface area contributed by atoms with E-state index < -0.39 is 18.0 Å². The van der Waals surface area contributed by atoms with Crippen LogP contribution in [0.2, 0.25) is 5.02 Å². The molecule has 18 heavy (non-hydrogen) atoms. The van der Waals surface area contributed by atoms with E-state index in [0.717, 1.165) is 0 Å².